The Morgan fingerprint density at radius 2 is 2.33 bits per heavy atom. The second kappa shape index (κ2) is 5.31. The monoisotopic (exact) mass is 225 g/mol. The fraction of sp³-hybridized carbons (Fsp3) is 0.200. The van der Waals surface area contributed by atoms with Crippen LogP contribution < -0.4 is 5.32 Å². The number of amides is 1. The average Bonchev–Trinajstić information content (AvgIpc) is 2.60. The summed E-state index contributed by atoms with van der Waals surface area (Å²) in [5.74, 6) is -1.04. The molecule has 0 saturated heterocycles. The smallest absolute Gasteiger partial charge is 0.337 e. The number of nitrogens with one attached hydrogen (secondary N) is 1. The summed E-state index contributed by atoms with van der Waals surface area (Å²) in [6.07, 6.45) is 3.42. The molecular formula is C10H11NO3S. The fourth-order valence-electron chi connectivity index (χ4n) is 0.995. The second-order valence-corrected chi connectivity index (χ2v) is 3.79. The first-order chi connectivity index (χ1) is 7.11. The largest absolute Gasteiger partial charge is 0.478 e. The predicted octanol–water partition coefficient (Wildman–Crippen LogP) is 1.60. The zero-order chi connectivity index (χ0) is 11.3. The third-order valence-electron chi connectivity index (χ3n) is 1.66. The van der Waals surface area contributed by atoms with Crippen LogP contribution in [-0.2, 0) is 4.79 Å². The molecule has 2 N–H and O–H groups in total. The first-order valence-electron chi connectivity index (χ1n) is 4.33. The zero-order valence-electron chi connectivity index (χ0n) is 8.19. The number of hydrogen-bond acceptors (Lipinski definition) is 3. The van der Waals surface area contributed by atoms with Crippen molar-refractivity contribution in [3.8, 4) is 0 Å². The van der Waals surface area contributed by atoms with Gasteiger partial charge in [0.1, 0.15) is 0 Å². The minimum atomic E-state index is -0.935. The standard InChI is InChI=1S/C10H11NO3S/c1-7(12)11-5-2-3-9-8(10(13)14)4-6-15-9/h2-4,6H,5H2,1H3,(H,11,12)(H,13,14). The first-order valence-corrected chi connectivity index (χ1v) is 5.21. The number of rotatable bonds is 4. The molecule has 0 bridgehead atoms. The normalized spacial score (nSPS) is 10.5. The van der Waals surface area contributed by atoms with Gasteiger partial charge in [-0.3, -0.25) is 4.79 Å². The van der Waals surface area contributed by atoms with Gasteiger partial charge in [0.15, 0.2) is 0 Å². The van der Waals surface area contributed by atoms with Gasteiger partial charge in [0.2, 0.25) is 5.91 Å². The molecular weight excluding hydrogens is 214 g/mol. The summed E-state index contributed by atoms with van der Waals surface area (Å²) >= 11 is 1.36. The lowest BCUT2D eigenvalue weighted by Gasteiger charge is -1.95. The van der Waals surface area contributed by atoms with Crippen molar-refractivity contribution in [1.29, 1.82) is 0 Å². The van der Waals surface area contributed by atoms with Crippen LogP contribution in [0, 0.1) is 0 Å². The third kappa shape index (κ3) is 3.55. The van der Waals surface area contributed by atoms with Crippen molar-refractivity contribution in [2.24, 2.45) is 0 Å². The molecule has 0 saturated carbocycles. The van der Waals surface area contributed by atoms with E-state index in [4.69, 9.17) is 5.11 Å². The van der Waals surface area contributed by atoms with Crippen LogP contribution in [0.4, 0.5) is 0 Å². The lowest BCUT2D eigenvalue weighted by molar-refractivity contribution is -0.118. The number of aromatic carboxylic acids is 1. The molecule has 1 heterocycles. The Bertz CT molecular complexity index is 395. The molecule has 4 nitrogen and oxygen atoms in total. The number of carbonyl (C=O) groups is 2. The van der Waals surface area contributed by atoms with Crippen molar-refractivity contribution in [3.05, 3.63) is 28.0 Å². The molecule has 80 valence electrons. The Hall–Kier alpha value is -1.62. The molecule has 0 aromatic carbocycles. The van der Waals surface area contributed by atoms with Crippen molar-refractivity contribution in [2.75, 3.05) is 6.54 Å². The SMILES string of the molecule is CC(=O)NCC=Cc1sccc1C(=O)O. The summed E-state index contributed by atoms with van der Waals surface area (Å²) in [5, 5.41) is 13.1. The molecule has 1 aromatic rings. The van der Waals surface area contributed by atoms with E-state index in [9.17, 15) is 9.59 Å². The molecule has 15 heavy (non-hydrogen) atoms. The van der Waals surface area contributed by atoms with E-state index in [0.29, 0.717) is 17.0 Å². The lowest BCUT2D eigenvalue weighted by atomic mass is 10.2. The zero-order valence-corrected chi connectivity index (χ0v) is 9.00. The summed E-state index contributed by atoms with van der Waals surface area (Å²) in [5.41, 5.74) is 0.291. The maximum absolute atomic E-state index is 10.7. The Balaban J connectivity index is 2.60. The van der Waals surface area contributed by atoms with Gasteiger partial charge in [0, 0.05) is 18.3 Å². The van der Waals surface area contributed by atoms with E-state index in [1.165, 1.54) is 18.3 Å². The molecule has 0 aliphatic rings. The Morgan fingerprint density at radius 3 is 2.93 bits per heavy atom. The quantitative estimate of drug-likeness (QED) is 0.817. The van der Waals surface area contributed by atoms with Gasteiger partial charge in [-0.1, -0.05) is 6.08 Å². The van der Waals surface area contributed by atoms with Crippen molar-refractivity contribution < 1.29 is 14.7 Å². The summed E-state index contributed by atoms with van der Waals surface area (Å²) < 4.78 is 0. The molecule has 0 spiro atoms. The molecule has 0 radical (unpaired) electrons. The third-order valence-corrected chi connectivity index (χ3v) is 2.55. The summed E-state index contributed by atoms with van der Waals surface area (Å²) in [7, 11) is 0. The van der Waals surface area contributed by atoms with Gasteiger partial charge >= 0.3 is 5.97 Å². The molecule has 1 rings (SSSR count). The molecule has 0 fully saturated rings. The van der Waals surface area contributed by atoms with E-state index in [-0.39, 0.29) is 5.91 Å². The van der Waals surface area contributed by atoms with Gasteiger partial charge in [-0.05, 0) is 17.5 Å². The molecule has 5 heteroatoms. The fourth-order valence-corrected chi connectivity index (χ4v) is 1.80. The topological polar surface area (TPSA) is 66.4 Å². The first kappa shape index (κ1) is 11.5. The van der Waals surface area contributed by atoms with Gasteiger partial charge in [-0.15, -0.1) is 11.3 Å². The van der Waals surface area contributed by atoms with Crippen LogP contribution in [0.25, 0.3) is 6.08 Å². The van der Waals surface area contributed by atoms with Crippen molar-refractivity contribution in [1.82, 2.24) is 5.32 Å². The molecule has 1 aromatic heterocycles. The van der Waals surface area contributed by atoms with Crippen LogP contribution in [-0.4, -0.2) is 23.5 Å². The number of carboxylic acids is 1. The summed E-state index contributed by atoms with van der Waals surface area (Å²) in [4.78, 5) is 22.0. The molecule has 0 unspecified atom stereocenters. The minimum absolute atomic E-state index is 0.107. The van der Waals surface area contributed by atoms with E-state index >= 15 is 0 Å². The van der Waals surface area contributed by atoms with Crippen LogP contribution in [0.15, 0.2) is 17.5 Å². The highest BCUT2D eigenvalue weighted by atomic mass is 32.1. The van der Waals surface area contributed by atoms with Gasteiger partial charge in [0.25, 0.3) is 0 Å². The van der Waals surface area contributed by atoms with E-state index in [1.54, 1.807) is 23.6 Å². The van der Waals surface area contributed by atoms with Crippen molar-refractivity contribution >= 4 is 29.3 Å². The maximum atomic E-state index is 10.7. The van der Waals surface area contributed by atoms with Crippen LogP contribution in [0.1, 0.15) is 22.2 Å². The Morgan fingerprint density at radius 1 is 1.60 bits per heavy atom. The summed E-state index contributed by atoms with van der Waals surface area (Å²) in [6, 6.07) is 1.56. The molecule has 0 atom stereocenters. The highest BCUT2D eigenvalue weighted by molar-refractivity contribution is 7.11. The molecule has 1 amide bonds. The lowest BCUT2D eigenvalue weighted by Crippen LogP contribution is -2.19. The van der Waals surface area contributed by atoms with Gasteiger partial charge in [-0.2, -0.15) is 0 Å². The van der Waals surface area contributed by atoms with Crippen molar-refractivity contribution in [3.63, 3.8) is 0 Å². The van der Waals surface area contributed by atoms with E-state index < -0.39 is 5.97 Å². The van der Waals surface area contributed by atoms with Crippen LogP contribution in [0.3, 0.4) is 0 Å². The van der Waals surface area contributed by atoms with Crippen molar-refractivity contribution in [2.45, 2.75) is 6.92 Å². The van der Waals surface area contributed by atoms with E-state index in [1.807, 2.05) is 0 Å². The highest BCUT2D eigenvalue weighted by Gasteiger charge is 2.07. The number of thiophene rings is 1. The average molecular weight is 225 g/mol. The van der Waals surface area contributed by atoms with Crippen LogP contribution in [0.2, 0.25) is 0 Å². The molecule has 0 aliphatic carbocycles. The summed E-state index contributed by atoms with van der Waals surface area (Å²) in [6.45, 7) is 1.84. The van der Waals surface area contributed by atoms with Crippen LogP contribution >= 0.6 is 11.3 Å². The van der Waals surface area contributed by atoms with E-state index in [2.05, 4.69) is 5.32 Å². The Kier molecular flexibility index (Phi) is 4.05. The Labute approximate surface area is 91.2 Å². The van der Waals surface area contributed by atoms with E-state index in [0.717, 1.165) is 0 Å². The van der Waals surface area contributed by atoms with Gasteiger partial charge < -0.3 is 10.4 Å². The predicted molar refractivity (Wildman–Crippen MR) is 59.0 cm³/mol. The number of carbonyl (C=O) groups excluding carboxylic acids is 1. The number of hydrogen-bond donors (Lipinski definition) is 2. The maximum Gasteiger partial charge on any atom is 0.337 e. The second-order valence-electron chi connectivity index (χ2n) is 2.84. The van der Waals surface area contributed by atoms with Gasteiger partial charge in [0.05, 0.1) is 5.56 Å². The van der Waals surface area contributed by atoms with Crippen LogP contribution in [0.5, 0.6) is 0 Å². The molecule has 0 aliphatic heterocycles. The number of carboxylic acid groups (broad SMARTS) is 1. The van der Waals surface area contributed by atoms with Gasteiger partial charge in [-0.25, -0.2) is 4.79 Å². The minimum Gasteiger partial charge on any atom is -0.478 e. The highest BCUT2D eigenvalue weighted by Crippen LogP contribution is 2.18.